The number of amidine groups is 3. The zero-order valence-electron chi connectivity index (χ0n) is 37.1. The number of benzene rings is 4. The number of fused-ring (bicyclic) bond motifs is 2. The van der Waals surface area contributed by atoms with Gasteiger partial charge in [0, 0.05) is 45.4 Å². The number of anilines is 2. The molecule has 0 bridgehead atoms. The van der Waals surface area contributed by atoms with Crippen molar-refractivity contribution < 1.29 is 28.7 Å². The van der Waals surface area contributed by atoms with Crippen LogP contribution in [0.4, 0.5) is 11.4 Å². The molecule has 0 saturated carbocycles. The van der Waals surface area contributed by atoms with Gasteiger partial charge in [0.25, 0.3) is 5.91 Å². The Morgan fingerprint density at radius 3 is 1.66 bits per heavy atom. The van der Waals surface area contributed by atoms with Gasteiger partial charge in [-0.05, 0) is 74.5 Å². The van der Waals surface area contributed by atoms with Gasteiger partial charge in [-0.15, -0.1) is 0 Å². The van der Waals surface area contributed by atoms with E-state index in [1.807, 2.05) is 0 Å². The molecule has 2 aliphatic rings. The molecule has 0 radical (unpaired) electrons. The van der Waals surface area contributed by atoms with E-state index in [0.717, 1.165) is 0 Å². The van der Waals surface area contributed by atoms with E-state index in [2.05, 4.69) is 26.8 Å². The maximum absolute atomic E-state index is 13.2. The van der Waals surface area contributed by atoms with Crippen molar-refractivity contribution in [2.75, 3.05) is 50.2 Å². The van der Waals surface area contributed by atoms with Crippen molar-refractivity contribution in [2.24, 2.45) is 15.7 Å². The lowest BCUT2D eigenvalue weighted by atomic mass is 9.99. The van der Waals surface area contributed by atoms with Gasteiger partial charge in [-0.3, -0.25) is 55.7 Å². The van der Waals surface area contributed by atoms with Gasteiger partial charge in [0.2, 0.25) is 17.7 Å². The first-order valence-corrected chi connectivity index (χ1v) is 21.8. The summed E-state index contributed by atoms with van der Waals surface area (Å²) in [7, 11) is 3.07. The van der Waals surface area contributed by atoms with E-state index in [9.17, 15) is 19.2 Å². The quantitative estimate of drug-likeness (QED) is 0.0320. The Morgan fingerprint density at radius 1 is 0.687 bits per heavy atom. The Morgan fingerprint density at radius 2 is 1.16 bits per heavy atom. The molecule has 0 spiro atoms. The summed E-state index contributed by atoms with van der Waals surface area (Å²) in [6, 6.07) is 22.5. The largest absolute Gasteiger partial charge is 0.497 e. The molecule has 0 aromatic heterocycles. The lowest BCUT2D eigenvalue weighted by molar-refractivity contribution is -0.126. The van der Waals surface area contributed by atoms with E-state index in [0.29, 0.717) is 66.6 Å². The SMILES string of the molecule is COc1ccc2c(c1)C(c1ccc(Cl)cc1)=N[C@@H](CC(=O)NCC(=O)NNCCNC(=O)CNC(=O)CC1N=C(c3ccc(Cl)cc3)c3cc(OC)ccc3N(C(C)N)C1=N)C(=N)N2C(C)=N. The summed E-state index contributed by atoms with van der Waals surface area (Å²) in [6.07, 6.45) is -1.21. The number of methoxy groups -OCH3 is 2. The van der Waals surface area contributed by atoms with Crippen LogP contribution in [0.3, 0.4) is 0 Å². The highest BCUT2D eigenvalue weighted by molar-refractivity contribution is 6.31. The summed E-state index contributed by atoms with van der Waals surface area (Å²) in [5.74, 6) is -1.15. The van der Waals surface area contributed by atoms with Crippen LogP contribution in [-0.2, 0) is 19.2 Å². The lowest BCUT2D eigenvalue weighted by Gasteiger charge is -2.31. The van der Waals surface area contributed by atoms with Gasteiger partial charge in [0.15, 0.2) is 0 Å². The zero-order chi connectivity index (χ0) is 48.4. The second kappa shape index (κ2) is 22.3. The fraction of sp³-hybridized carbons (Fsp3) is 0.283. The third-order valence-electron chi connectivity index (χ3n) is 10.5. The summed E-state index contributed by atoms with van der Waals surface area (Å²) >= 11 is 12.3. The second-order valence-corrected chi connectivity index (χ2v) is 16.2. The summed E-state index contributed by atoms with van der Waals surface area (Å²) < 4.78 is 11.0. The van der Waals surface area contributed by atoms with Crippen LogP contribution in [-0.4, -0.2) is 111 Å². The number of benzodiazepines with no additional fused rings is 2. The summed E-state index contributed by atoms with van der Waals surface area (Å²) in [6.45, 7) is 2.67. The van der Waals surface area contributed by atoms with Gasteiger partial charge in [-0.2, -0.15) is 0 Å². The highest BCUT2D eigenvalue weighted by Gasteiger charge is 2.34. The maximum Gasteiger partial charge on any atom is 0.253 e. The molecule has 0 fully saturated rings. The van der Waals surface area contributed by atoms with Crippen molar-refractivity contribution in [1.29, 1.82) is 16.2 Å². The van der Waals surface area contributed by atoms with Crippen molar-refractivity contribution in [1.82, 2.24) is 26.8 Å². The molecule has 6 rings (SSSR count). The molecule has 4 aromatic carbocycles. The van der Waals surface area contributed by atoms with Crippen LogP contribution < -0.4 is 51.8 Å². The van der Waals surface area contributed by atoms with Crippen molar-refractivity contribution >= 4 is 87.1 Å². The Hall–Kier alpha value is -7.19. The number of halogens is 2. The average Bonchev–Trinajstić information content (AvgIpc) is 3.50. The molecule has 21 heteroatoms. The molecular weight excluding hydrogens is 901 g/mol. The summed E-state index contributed by atoms with van der Waals surface area (Å²) in [5, 5.41) is 35.5. The predicted molar refractivity (Wildman–Crippen MR) is 260 cm³/mol. The number of nitrogens with one attached hydrogen (secondary N) is 8. The zero-order valence-corrected chi connectivity index (χ0v) is 38.6. The number of hydrazine groups is 1. The highest BCUT2D eigenvalue weighted by Crippen LogP contribution is 2.35. The minimum absolute atomic E-state index is 0.00531. The molecule has 19 nitrogen and oxygen atoms in total. The Bertz CT molecular complexity index is 2620. The van der Waals surface area contributed by atoms with Gasteiger partial charge in [-0.25, -0.2) is 5.43 Å². The van der Waals surface area contributed by atoms with Crippen molar-refractivity contribution in [3.63, 3.8) is 0 Å². The molecule has 3 atom stereocenters. The van der Waals surface area contributed by atoms with Crippen LogP contribution in [0.25, 0.3) is 0 Å². The van der Waals surface area contributed by atoms with Crippen LogP contribution >= 0.6 is 23.2 Å². The molecule has 0 saturated heterocycles. The number of carbonyl (C=O) groups is 4. The van der Waals surface area contributed by atoms with Crippen LogP contribution in [0.5, 0.6) is 11.5 Å². The molecule has 67 heavy (non-hydrogen) atoms. The highest BCUT2D eigenvalue weighted by atomic mass is 35.5. The molecule has 2 heterocycles. The Labute approximate surface area is 397 Å². The van der Waals surface area contributed by atoms with Gasteiger partial charge < -0.3 is 36.1 Å². The minimum atomic E-state index is -1.03. The Kier molecular flexibility index (Phi) is 16.4. The summed E-state index contributed by atoms with van der Waals surface area (Å²) in [5.41, 5.74) is 16.2. The van der Waals surface area contributed by atoms with E-state index in [1.165, 1.54) is 18.9 Å². The fourth-order valence-electron chi connectivity index (χ4n) is 7.36. The van der Waals surface area contributed by atoms with Crippen molar-refractivity contribution in [3.05, 3.63) is 117 Å². The smallest absolute Gasteiger partial charge is 0.253 e. The van der Waals surface area contributed by atoms with E-state index in [-0.39, 0.29) is 50.0 Å². The lowest BCUT2D eigenvalue weighted by Crippen LogP contribution is -2.49. The van der Waals surface area contributed by atoms with Crippen LogP contribution in [0.1, 0.15) is 48.9 Å². The molecule has 4 amide bonds. The van der Waals surface area contributed by atoms with Crippen LogP contribution in [0.2, 0.25) is 10.0 Å². The van der Waals surface area contributed by atoms with Crippen LogP contribution in [0, 0.1) is 16.2 Å². The second-order valence-electron chi connectivity index (χ2n) is 15.4. The number of nitrogens with two attached hydrogens (primary N) is 1. The number of hydrogen-bond donors (Lipinski definition) is 9. The standard InChI is InChI=1S/C46H51Cl2N13O6/c1-25(49)60-37-15-13-31(66-3)19-33(37)43(27-5-9-29(47)10-6-27)57-35(45(60)51)21-39(62)54-23-41(64)53-17-18-56-59-42(65)24-55-40(63)22-36-46(52)61(26(2)50)38-16-14-32(67-4)20-34(38)44(58-36)28-7-11-30(48)12-8-28/h5-16,19-20,25,35-36,50-52,56H,17-18,21-24,49H2,1-4H3,(H,53,64)(H,54,62)(H,55,63)(H,59,65)/t25?,35?,36-/m0/s1. The number of rotatable bonds is 17. The van der Waals surface area contributed by atoms with Crippen molar-refractivity contribution in [2.45, 2.75) is 44.9 Å². The number of hydrogen-bond acceptors (Lipinski definition) is 13. The minimum Gasteiger partial charge on any atom is -0.497 e. The van der Waals surface area contributed by atoms with Crippen molar-refractivity contribution in [3.8, 4) is 11.5 Å². The third-order valence-corrected chi connectivity index (χ3v) is 11.1. The first kappa shape index (κ1) is 49.2. The van der Waals surface area contributed by atoms with Gasteiger partial charge in [0.1, 0.15) is 41.1 Å². The first-order chi connectivity index (χ1) is 32.1. The predicted octanol–water partition coefficient (Wildman–Crippen LogP) is 3.77. The molecular formula is C46H51Cl2N13O6. The van der Waals surface area contributed by atoms with Gasteiger partial charge in [-0.1, -0.05) is 47.5 Å². The average molecular weight is 953 g/mol. The maximum atomic E-state index is 13.2. The van der Waals surface area contributed by atoms with E-state index < -0.39 is 48.4 Å². The van der Waals surface area contributed by atoms with E-state index in [1.54, 1.807) is 104 Å². The van der Waals surface area contributed by atoms with Gasteiger partial charge in [0.05, 0.1) is 69.1 Å². The monoisotopic (exact) mass is 951 g/mol. The molecule has 0 aliphatic carbocycles. The normalized spacial score (nSPS) is 15.9. The number of amides is 4. The third kappa shape index (κ3) is 12.2. The number of carbonyl (C=O) groups excluding carboxylic acids is 4. The molecule has 10 N–H and O–H groups in total. The first-order valence-electron chi connectivity index (χ1n) is 21.0. The molecule has 2 aliphatic heterocycles. The molecule has 350 valence electrons. The molecule has 2 unspecified atom stereocenters. The van der Waals surface area contributed by atoms with E-state index >= 15 is 0 Å². The fourth-order valence-corrected chi connectivity index (χ4v) is 7.61. The van der Waals surface area contributed by atoms with Crippen LogP contribution in [0.15, 0.2) is 94.9 Å². The number of aliphatic imine (C=N–C) groups is 2. The van der Waals surface area contributed by atoms with E-state index in [4.69, 9.17) is 64.6 Å². The number of nitrogens with zero attached hydrogens (tertiary/aromatic N) is 4. The molecule has 4 aromatic rings. The Balaban J connectivity index is 0.979. The van der Waals surface area contributed by atoms with Gasteiger partial charge >= 0.3 is 0 Å². The topological polar surface area (TPSA) is 276 Å². The number of ether oxygens (including phenoxy) is 2. The summed E-state index contributed by atoms with van der Waals surface area (Å²) in [4.78, 5) is 64.5.